The van der Waals surface area contributed by atoms with Gasteiger partial charge in [0.25, 0.3) is 0 Å². The van der Waals surface area contributed by atoms with Crippen molar-refractivity contribution in [2.75, 3.05) is 0 Å². The Balaban J connectivity index is 1.92. The number of fused-ring (bicyclic) bond motifs is 8. The van der Waals surface area contributed by atoms with Crippen molar-refractivity contribution < 1.29 is 44.7 Å². The Labute approximate surface area is 162 Å². The molecular formula is C20H14O9. The highest BCUT2D eigenvalue weighted by atomic mass is 16.5. The van der Waals surface area contributed by atoms with Crippen molar-refractivity contribution >= 4 is 17.5 Å². The zero-order valence-electron chi connectivity index (χ0n) is 14.6. The number of para-hydroxylation sites is 1. The number of aliphatic hydroxyl groups is 3. The van der Waals surface area contributed by atoms with E-state index in [0.717, 1.165) is 12.1 Å². The molecule has 1 heterocycles. The number of phenols is 2. The van der Waals surface area contributed by atoms with E-state index in [2.05, 4.69) is 0 Å². The lowest BCUT2D eigenvalue weighted by Gasteiger charge is -2.47. The number of carbonyl (C=O) groups excluding carboxylic acids is 3. The second-order valence-electron chi connectivity index (χ2n) is 7.53. The Bertz CT molecular complexity index is 1150. The van der Waals surface area contributed by atoms with Crippen LogP contribution in [0.1, 0.15) is 32.7 Å². The lowest BCUT2D eigenvalue weighted by atomic mass is 9.62. The van der Waals surface area contributed by atoms with Gasteiger partial charge in [-0.25, -0.2) is 0 Å². The van der Waals surface area contributed by atoms with Crippen LogP contribution in [0.2, 0.25) is 0 Å². The van der Waals surface area contributed by atoms with Crippen LogP contribution in [0.5, 0.6) is 17.2 Å². The average Bonchev–Trinajstić information content (AvgIpc) is 2.79. The van der Waals surface area contributed by atoms with Crippen LogP contribution in [0, 0.1) is 5.92 Å². The first-order valence-electron chi connectivity index (χ1n) is 8.72. The highest BCUT2D eigenvalue weighted by Crippen LogP contribution is 2.63. The number of aromatic hydroxyl groups is 2. The molecule has 1 fully saturated rings. The highest BCUT2D eigenvalue weighted by molar-refractivity contribution is 6.25. The van der Waals surface area contributed by atoms with E-state index in [1.165, 1.54) is 24.3 Å². The van der Waals surface area contributed by atoms with Crippen molar-refractivity contribution in [3.63, 3.8) is 0 Å². The maximum absolute atomic E-state index is 13.4. The van der Waals surface area contributed by atoms with Crippen LogP contribution in [0.3, 0.4) is 0 Å². The van der Waals surface area contributed by atoms with Crippen molar-refractivity contribution in [1.82, 2.24) is 0 Å². The molecule has 0 radical (unpaired) electrons. The van der Waals surface area contributed by atoms with Crippen LogP contribution in [-0.4, -0.2) is 54.3 Å². The van der Waals surface area contributed by atoms with Gasteiger partial charge in [-0.2, -0.15) is 0 Å². The zero-order chi connectivity index (χ0) is 20.9. The normalized spacial score (nSPS) is 34.7. The van der Waals surface area contributed by atoms with E-state index in [1.807, 2.05) is 0 Å². The lowest BCUT2D eigenvalue weighted by Crippen LogP contribution is -2.72. The summed E-state index contributed by atoms with van der Waals surface area (Å²) in [6.07, 6.45) is -0.721. The molecule has 29 heavy (non-hydrogen) atoms. The predicted molar refractivity (Wildman–Crippen MR) is 92.4 cm³/mol. The summed E-state index contributed by atoms with van der Waals surface area (Å²) >= 11 is 0. The van der Waals surface area contributed by atoms with Crippen LogP contribution in [0.25, 0.3) is 0 Å². The molecule has 5 N–H and O–H groups in total. The summed E-state index contributed by atoms with van der Waals surface area (Å²) in [5.41, 5.74) is -10.2. The molecule has 4 atom stereocenters. The van der Waals surface area contributed by atoms with E-state index in [0.29, 0.717) is 0 Å². The van der Waals surface area contributed by atoms with Gasteiger partial charge in [0.05, 0.1) is 5.56 Å². The quantitative estimate of drug-likeness (QED) is 0.298. The van der Waals surface area contributed by atoms with Crippen molar-refractivity contribution in [3.05, 3.63) is 53.1 Å². The zero-order valence-corrected chi connectivity index (χ0v) is 14.6. The monoisotopic (exact) mass is 398 g/mol. The minimum atomic E-state index is -3.21. The molecule has 2 aromatic rings. The molecule has 2 aromatic carbocycles. The fraction of sp³-hybridized carbons (Fsp3) is 0.250. The molecule has 0 aromatic heterocycles. The molecule has 3 aliphatic rings. The molecule has 2 bridgehead atoms. The minimum Gasteiger partial charge on any atom is -0.507 e. The number of ketones is 2. The molecule has 148 valence electrons. The molecule has 0 unspecified atom stereocenters. The fourth-order valence-electron chi connectivity index (χ4n) is 4.88. The predicted octanol–water partition coefficient (Wildman–Crippen LogP) is -0.234. The van der Waals surface area contributed by atoms with Gasteiger partial charge >= 0.3 is 5.97 Å². The van der Waals surface area contributed by atoms with Gasteiger partial charge in [0, 0.05) is 17.5 Å². The summed E-state index contributed by atoms with van der Waals surface area (Å²) in [5, 5.41) is 54.6. The maximum atomic E-state index is 13.4. The molecule has 2 aliphatic carbocycles. The smallest absolute Gasteiger partial charge is 0.318 e. The summed E-state index contributed by atoms with van der Waals surface area (Å²) in [6.45, 7) is 0. The summed E-state index contributed by atoms with van der Waals surface area (Å²) in [5.74, 6) is -7.18. The number of carbonyl (C=O) groups is 3. The van der Waals surface area contributed by atoms with E-state index in [-0.39, 0.29) is 11.1 Å². The molecule has 0 amide bonds. The minimum absolute atomic E-state index is 0.341. The Morgan fingerprint density at radius 3 is 2.28 bits per heavy atom. The summed E-state index contributed by atoms with van der Waals surface area (Å²) < 4.78 is 5.11. The molecule has 9 heteroatoms. The topological polar surface area (TPSA) is 162 Å². The van der Waals surface area contributed by atoms with Gasteiger partial charge in [0.2, 0.25) is 5.78 Å². The standard InChI is InChI=1S/C20H14O9/c21-11-5-1-3-8-13(11)16(24)20(28)18(26)7-10(19(20,27)15(8)23)17(25)29-14-9(18)4-2-6-12(14)22/h1-6,10,21-22,26-28H,7H2/t10-,18-,19+,20+/m0/s1. The van der Waals surface area contributed by atoms with Gasteiger partial charge in [-0.1, -0.05) is 24.3 Å². The van der Waals surface area contributed by atoms with Crippen molar-refractivity contribution in [2.24, 2.45) is 5.92 Å². The van der Waals surface area contributed by atoms with Gasteiger partial charge in [-0.15, -0.1) is 0 Å². The highest BCUT2D eigenvalue weighted by Gasteiger charge is 2.83. The third-order valence-electron chi connectivity index (χ3n) is 6.27. The first-order chi connectivity index (χ1) is 13.6. The molecule has 1 saturated carbocycles. The van der Waals surface area contributed by atoms with Crippen LogP contribution >= 0.6 is 0 Å². The molecule has 9 nitrogen and oxygen atoms in total. The number of rotatable bonds is 0. The molecule has 1 aliphatic heterocycles. The van der Waals surface area contributed by atoms with Crippen molar-refractivity contribution in [1.29, 1.82) is 0 Å². The van der Waals surface area contributed by atoms with Crippen LogP contribution in [-0.2, 0) is 10.4 Å². The van der Waals surface area contributed by atoms with E-state index >= 15 is 0 Å². The summed E-state index contributed by atoms with van der Waals surface area (Å²) in [7, 11) is 0. The van der Waals surface area contributed by atoms with Gasteiger partial charge < -0.3 is 30.3 Å². The third kappa shape index (κ3) is 1.66. The first-order valence-corrected chi connectivity index (χ1v) is 8.72. The summed E-state index contributed by atoms with van der Waals surface area (Å²) in [6, 6.07) is 7.19. The number of benzene rings is 2. The Morgan fingerprint density at radius 2 is 1.55 bits per heavy atom. The number of phenolic OH excluding ortho intramolecular Hbond substituents is 2. The third-order valence-corrected chi connectivity index (χ3v) is 6.27. The lowest BCUT2D eigenvalue weighted by molar-refractivity contribution is -0.181. The van der Waals surface area contributed by atoms with E-state index < -0.39 is 69.5 Å². The molecule has 5 rings (SSSR count). The number of hydrogen-bond donors (Lipinski definition) is 5. The van der Waals surface area contributed by atoms with Gasteiger partial charge in [0.15, 0.2) is 28.5 Å². The van der Waals surface area contributed by atoms with E-state index in [9.17, 15) is 39.9 Å². The number of Topliss-reactive ketones (excluding diaryl/α,β-unsaturated/α-hetero) is 2. The number of hydrogen-bond acceptors (Lipinski definition) is 9. The number of esters is 1. The van der Waals surface area contributed by atoms with Gasteiger partial charge in [0.1, 0.15) is 17.3 Å². The van der Waals surface area contributed by atoms with Gasteiger partial charge in [-0.3, -0.25) is 14.4 Å². The van der Waals surface area contributed by atoms with E-state index in [4.69, 9.17) is 4.74 Å². The average molecular weight is 398 g/mol. The van der Waals surface area contributed by atoms with E-state index in [1.54, 1.807) is 0 Å². The van der Waals surface area contributed by atoms with Crippen LogP contribution < -0.4 is 4.74 Å². The Morgan fingerprint density at radius 1 is 0.897 bits per heavy atom. The summed E-state index contributed by atoms with van der Waals surface area (Å²) in [4.78, 5) is 39.3. The second kappa shape index (κ2) is 5.01. The van der Waals surface area contributed by atoms with Crippen LogP contribution in [0.15, 0.2) is 36.4 Å². The SMILES string of the molecule is O=C1Oc2c(O)cccc2[C@@]2(O)C[C@@H]1[C@@]1(O)C(=O)c3cccc(O)c3C(=O)[C@@]21O. The number of ether oxygens (including phenoxy) is 1. The molecule has 0 spiro atoms. The fourth-order valence-corrected chi connectivity index (χ4v) is 4.88. The largest absolute Gasteiger partial charge is 0.507 e. The maximum Gasteiger partial charge on any atom is 0.318 e. The molecule has 0 saturated heterocycles. The van der Waals surface area contributed by atoms with Gasteiger partial charge in [-0.05, 0) is 12.1 Å². The van der Waals surface area contributed by atoms with Crippen molar-refractivity contribution in [2.45, 2.75) is 23.2 Å². The Kier molecular flexibility index (Phi) is 3.07. The van der Waals surface area contributed by atoms with Crippen LogP contribution in [0.4, 0.5) is 0 Å². The second-order valence-corrected chi connectivity index (χ2v) is 7.53. The Hall–Kier alpha value is -3.27. The first kappa shape index (κ1) is 17.8. The van der Waals surface area contributed by atoms with Crippen molar-refractivity contribution in [3.8, 4) is 17.2 Å². The molecular weight excluding hydrogens is 384 g/mol.